The number of benzene rings is 2. The van der Waals surface area contributed by atoms with Crippen molar-refractivity contribution in [1.82, 2.24) is 4.57 Å². The summed E-state index contributed by atoms with van der Waals surface area (Å²) in [5.41, 5.74) is 8.00. The number of hydrogen-bond acceptors (Lipinski definition) is 3. The van der Waals surface area contributed by atoms with Gasteiger partial charge in [0.15, 0.2) is 0 Å². The Kier molecular flexibility index (Phi) is 3.46. The van der Waals surface area contributed by atoms with Gasteiger partial charge in [-0.05, 0) is 48.9 Å². The molecule has 1 heterocycles. The molecule has 2 aromatic carbocycles. The SMILES string of the molecule is NCCc1cn(C(=O)c2ccccc2)c2ccc(O)cc12. The van der Waals surface area contributed by atoms with Gasteiger partial charge in [0.1, 0.15) is 5.75 Å². The Morgan fingerprint density at radius 2 is 1.90 bits per heavy atom. The van der Waals surface area contributed by atoms with Crippen molar-refractivity contribution in [2.75, 3.05) is 6.54 Å². The van der Waals surface area contributed by atoms with E-state index in [0.29, 0.717) is 18.5 Å². The lowest BCUT2D eigenvalue weighted by atomic mass is 10.1. The van der Waals surface area contributed by atoms with E-state index in [1.807, 2.05) is 24.4 Å². The van der Waals surface area contributed by atoms with Gasteiger partial charge in [-0.1, -0.05) is 18.2 Å². The number of phenols is 1. The van der Waals surface area contributed by atoms with Crippen LogP contribution < -0.4 is 5.73 Å². The molecule has 3 N–H and O–H groups in total. The lowest BCUT2D eigenvalue weighted by Gasteiger charge is -2.04. The first kappa shape index (κ1) is 13.4. The fourth-order valence-electron chi connectivity index (χ4n) is 2.53. The van der Waals surface area contributed by atoms with Crippen LogP contribution in [-0.2, 0) is 6.42 Å². The third-order valence-corrected chi connectivity index (χ3v) is 3.52. The van der Waals surface area contributed by atoms with Crippen LogP contribution in [0.15, 0.2) is 54.7 Å². The molecule has 0 spiro atoms. The van der Waals surface area contributed by atoms with Gasteiger partial charge in [-0.15, -0.1) is 0 Å². The molecule has 0 saturated carbocycles. The average molecular weight is 280 g/mol. The molecule has 0 aliphatic heterocycles. The first-order valence-corrected chi connectivity index (χ1v) is 6.83. The summed E-state index contributed by atoms with van der Waals surface area (Å²) < 4.78 is 1.62. The zero-order chi connectivity index (χ0) is 14.8. The van der Waals surface area contributed by atoms with Crippen molar-refractivity contribution < 1.29 is 9.90 Å². The zero-order valence-electron chi connectivity index (χ0n) is 11.5. The Morgan fingerprint density at radius 1 is 1.14 bits per heavy atom. The highest BCUT2D eigenvalue weighted by Gasteiger charge is 2.15. The Labute approximate surface area is 122 Å². The summed E-state index contributed by atoms with van der Waals surface area (Å²) in [4.78, 5) is 12.6. The molecule has 4 nitrogen and oxygen atoms in total. The van der Waals surface area contributed by atoms with E-state index in [2.05, 4.69) is 0 Å². The molecule has 0 bridgehead atoms. The zero-order valence-corrected chi connectivity index (χ0v) is 11.5. The van der Waals surface area contributed by atoms with Crippen LogP contribution in [-0.4, -0.2) is 22.1 Å². The molecule has 0 fully saturated rings. The minimum atomic E-state index is -0.0884. The minimum absolute atomic E-state index is 0.0884. The van der Waals surface area contributed by atoms with Gasteiger partial charge in [-0.2, -0.15) is 0 Å². The monoisotopic (exact) mass is 280 g/mol. The molecule has 0 unspecified atom stereocenters. The van der Waals surface area contributed by atoms with Crippen molar-refractivity contribution in [3.05, 3.63) is 65.9 Å². The Balaban J connectivity index is 2.17. The number of carbonyl (C=O) groups excluding carboxylic acids is 1. The number of nitrogens with zero attached hydrogens (tertiary/aromatic N) is 1. The number of rotatable bonds is 3. The normalized spacial score (nSPS) is 10.9. The molecule has 3 aromatic rings. The van der Waals surface area contributed by atoms with Crippen LogP contribution in [0.1, 0.15) is 15.9 Å². The molecule has 0 aliphatic rings. The predicted molar refractivity (Wildman–Crippen MR) is 82.5 cm³/mol. The van der Waals surface area contributed by atoms with E-state index in [9.17, 15) is 9.90 Å². The maximum Gasteiger partial charge on any atom is 0.262 e. The summed E-state index contributed by atoms with van der Waals surface area (Å²) in [5, 5.41) is 10.5. The Bertz CT molecular complexity index is 791. The van der Waals surface area contributed by atoms with E-state index in [1.54, 1.807) is 34.9 Å². The fourth-order valence-corrected chi connectivity index (χ4v) is 2.53. The average Bonchev–Trinajstić information content (AvgIpc) is 2.86. The van der Waals surface area contributed by atoms with Crippen LogP contribution in [0.3, 0.4) is 0 Å². The van der Waals surface area contributed by atoms with E-state index in [4.69, 9.17) is 5.73 Å². The van der Waals surface area contributed by atoms with E-state index in [0.717, 1.165) is 16.5 Å². The van der Waals surface area contributed by atoms with Gasteiger partial charge >= 0.3 is 0 Å². The second kappa shape index (κ2) is 5.42. The molecule has 0 saturated heterocycles. The Morgan fingerprint density at radius 3 is 2.62 bits per heavy atom. The van der Waals surface area contributed by atoms with Gasteiger partial charge in [0.25, 0.3) is 5.91 Å². The number of aromatic nitrogens is 1. The largest absolute Gasteiger partial charge is 0.508 e. The molecular weight excluding hydrogens is 264 g/mol. The molecule has 106 valence electrons. The minimum Gasteiger partial charge on any atom is -0.508 e. The highest BCUT2D eigenvalue weighted by Crippen LogP contribution is 2.26. The second-order valence-electron chi connectivity index (χ2n) is 4.94. The van der Waals surface area contributed by atoms with E-state index < -0.39 is 0 Å². The first-order chi connectivity index (χ1) is 10.2. The topological polar surface area (TPSA) is 68.2 Å². The number of aromatic hydroxyl groups is 1. The highest BCUT2D eigenvalue weighted by molar-refractivity contribution is 6.03. The van der Waals surface area contributed by atoms with Crippen LogP contribution in [0, 0.1) is 0 Å². The second-order valence-corrected chi connectivity index (χ2v) is 4.94. The number of carbonyl (C=O) groups is 1. The van der Waals surface area contributed by atoms with Gasteiger partial charge in [0, 0.05) is 17.1 Å². The number of nitrogens with two attached hydrogens (primary N) is 1. The van der Waals surface area contributed by atoms with Crippen molar-refractivity contribution in [2.24, 2.45) is 5.73 Å². The predicted octanol–water partition coefficient (Wildman–Crippen LogP) is 2.54. The Hall–Kier alpha value is -2.59. The van der Waals surface area contributed by atoms with E-state index in [1.165, 1.54) is 0 Å². The van der Waals surface area contributed by atoms with Crippen LogP contribution in [0.5, 0.6) is 5.75 Å². The maximum atomic E-state index is 12.6. The van der Waals surface area contributed by atoms with Crippen LogP contribution in [0.4, 0.5) is 0 Å². The van der Waals surface area contributed by atoms with E-state index >= 15 is 0 Å². The van der Waals surface area contributed by atoms with Gasteiger partial charge in [-0.25, -0.2) is 0 Å². The van der Waals surface area contributed by atoms with Crippen molar-refractivity contribution in [3.63, 3.8) is 0 Å². The van der Waals surface area contributed by atoms with Crippen molar-refractivity contribution in [3.8, 4) is 5.75 Å². The molecule has 0 amide bonds. The lowest BCUT2D eigenvalue weighted by Crippen LogP contribution is -2.10. The van der Waals surface area contributed by atoms with Crippen molar-refractivity contribution >= 4 is 16.8 Å². The molecule has 0 aliphatic carbocycles. The molecule has 4 heteroatoms. The standard InChI is InChI=1S/C17H16N2O2/c18-9-8-13-11-19(16-7-6-14(20)10-15(13)16)17(21)12-4-2-1-3-5-12/h1-7,10-11,20H,8-9,18H2. The third-order valence-electron chi connectivity index (χ3n) is 3.52. The first-order valence-electron chi connectivity index (χ1n) is 6.83. The van der Waals surface area contributed by atoms with Gasteiger partial charge < -0.3 is 10.8 Å². The van der Waals surface area contributed by atoms with Crippen LogP contribution in [0.2, 0.25) is 0 Å². The smallest absolute Gasteiger partial charge is 0.262 e. The summed E-state index contributed by atoms with van der Waals surface area (Å²) in [5.74, 6) is 0.0974. The molecule has 3 rings (SSSR count). The molecule has 0 radical (unpaired) electrons. The summed E-state index contributed by atoms with van der Waals surface area (Å²) in [6.45, 7) is 0.494. The summed E-state index contributed by atoms with van der Waals surface area (Å²) in [6.07, 6.45) is 2.47. The van der Waals surface area contributed by atoms with Gasteiger partial charge in [0.05, 0.1) is 5.52 Å². The van der Waals surface area contributed by atoms with Gasteiger partial charge in [0.2, 0.25) is 0 Å². The number of hydrogen-bond donors (Lipinski definition) is 2. The molecule has 1 aromatic heterocycles. The summed E-state index contributed by atoms with van der Waals surface area (Å²) in [6, 6.07) is 14.2. The van der Waals surface area contributed by atoms with Crippen LogP contribution in [0.25, 0.3) is 10.9 Å². The van der Waals surface area contributed by atoms with Crippen molar-refractivity contribution in [2.45, 2.75) is 6.42 Å². The quantitative estimate of drug-likeness (QED) is 0.774. The summed E-state index contributed by atoms with van der Waals surface area (Å²) >= 11 is 0. The maximum absolute atomic E-state index is 12.6. The number of fused-ring (bicyclic) bond motifs is 1. The number of phenolic OH excluding ortho intramolecular Hbond substituents is 1. The fraction of sp³-hybridized carbons (Fsp3) is 0.118. The highest BCUT2D eigenvalue weighted by atomic mass is 16.3. The molecule has 21 heavy (non-hydrogen) atoms. The van der Waals surface area contributed by atoms with Crippen molar-refractivity contribution in [1.29, 1.82) is 0 Å². The molecular formula is C17H16N2O2. The third kappa shape index (κ3) is 2.41. The van der Waals surface area contributed by atoms with Crippen LogP contribution >= 0.6 is 0 Å². The summed E-state index contributed by atoms with van der Waals surface area (Å²) in [7, 11) is 0. The lowest BCUT2D eigenvalue weighted by molar-refractivity contribution is 0.0965. The van der Waals surface area contributed by atoms with Gasteiger partial charge in [-0.3, -0.25) is 9.36 Å². The van der Waals surface area contributed by atoms with E-state index in [-0.39, 0.29) is 11.7 Å². The molecule has 0 atom stereocenters.